The van der Waals surface area contributed by atoms with E-state index in [1.54, 1.807) is 60.7 Å². The fourth-order valence-electron chi connectivity index (χ4n) is 9.38. The number of carboxylic acid groups (broad SMARTS) is 2. The first-order chi connectivity index (χ1) is 37.7. The number of alkyl halides is 11. The van der Waals surface area contributed by atoms with Gasteiger partial charge in [0.1, 0.15) is 22.9 Å². The van der Waals surface area contributed by atoms with Gasteiger partial charge in [0.05, 0.1) is 29.0 Å². The van der Waals surface area contributed by atoms with Crippen molar-refractivity contribution < 1.29 is 83.2 Å². The van der Waals surface area contributed by atoms with Gasteiger partial charge in [0.2, 0.25) is 0 Å². The summed E-state index contributed by atoms with van der Waals surface area (Å²) in [5.74, 6) is -4.66. The highest BCUT2D eigenvalue weighted by Crippen LogP contribution is 2.43. The summed E-state index contributed by atoms with van der Waals surface area (Å²) in [6.07, 6.45) is -11.9. The molecular weight excluding hydrogens is 1120 g/mol. The van der Waals surface area contributed by atoms with Crippen LogP contribution >= 0.6 is 23.2 Å². The van der Waals surface area contributed by atoms with Crippen LogP contribution in [0.2, 0.25) is 0 Å². The van der Waals surface area contributed by atoms with Crippen molar-refractivity contribution in [1.82, 2.24) is 30.0 Å². The molecule has 426 valence electrons. The van der Waals surface area contributed by atoms with Gasteiger partial charge in [0.15, 0.2) is 0 Å². The summed E-state index contributed by atoms with van der Waals surface area (Å²) in [6.45, 7) is 2.56. The molecule has 3 aliphatic heterocycles. The molecule has 6 aromatic rings. The maximum Gasteiger partial charge on any atom is 0.573 e. The minimum Gasteiger partial charge on any atom is -0.478 e. The standard InChI is InChI=1S/C29H30ClF3N4O3.C23H18ClF3N2O4.C2HF3O2/c1-36-13-10-21(11-14-36)35-27(38)19-7-5-18(6-8-19)26-24(20-3-2-4-23(15-20)40-29(31,32)33)16-25-28(39)34-17-22(9-12-30)37(25)26;24-9-8-16-12-28-21(30)19-11-18(15-2-1-3-17(10-15)33-23(25,26)27)20(29(16)19)13-4-6-14(7-5-13)22(31)32;3-2(4,5)1(6)7/h2-8,15-16,21-22H,9-14,17H2,1H3,(H,34,39)(H,35,38);1-7,10-11,16H,8-9,12H2,(H,28,30)(H,31,32);(H,6,7). The lowest BCUT2D eigenvalue weighted by Gasteiger charge is -2.29. The number of rotatable bonds is 13. The number of aromatic nitrogens is 2. The summed E-state index contributed by atoms with van der Waals surface area (Å²) in [6, 6.07) is 27.4. The number of carboxylic acids is 2. The van der Waals surface area contributed by atoms with E-state index in [9.17, 15) is 63.8 Å². The summed E-state index contributed by atoms with van der Waals surface area (Å²) in [5, 5.41) is 25.1. The Morgan fingerprint density at radius 1 is 0.613 bits per heavy atom. The Labute approximate surface area is 460 Å². The average Bonchev–Trinajstić information content (AvgIpc) is 4.14. The van der Waals surface area contributed by atoms with Crippen molar-refractivity contribution in [3.63, 3.8) is 0 Å². The number of carbonyl (C=O) groups excluding carboxylic acids is 3. The maximum absolute atomic E-state index is 12.9. The predicted octanol–water partition coefficient (Wildman–Crippen LogP) is 11.4. The molecule has 3 aliphatic rings. The minimum absolute atomic E-state index is 0.0846. The number of likely N-dealkylation sites (tertiary alicyclic amines) is 1. The van der Waals surface area contributed by atoms with E-state index in [1.807, 2.05) is 9.13 Å². The van der Waals surface area contributed by atoms with Crippen LogP contribution in [0.4, 0.5) is 39.5 Å². The van der Waals surface area contributed by atoms with Crippen LogP contribution in [0.3, 0.4) is 0 Å². The third kappa shape index (κ3) is 14.9. The molecule has 1 saturated heterocycles. The molecule has 3 amide bonds. The molecule has 26 heteroatoms. The molecule has 5 heterocycles. The summed E-state index contributed by atoms with van der Waals surface area (Å²) in [4.78, 5) is 60.9. The summed E-state index contributed by atoms with van der Waals surface area (Å²) < 4.78 is 121. The van der Waals surface area contributed by atoms with E-state index in [0.717, 1.165) is 25.9 Å². The van der Waals surface area contributed by atoms with Crippen LogP contribution in [0.15, 0.2) is 109 Å². The predicted molar refractivity (Wildman–Crippen MR) is 276 cm³/mol. The summed E-state index contributed by atoms with van der Waals surface area (Å²) >= 11 is 12.1. The van der Waals surface area contributed by atoms with Gasteiger partial charge in [-0.3, -0.25) is 14.4 Å². The van der Waals surface area contributed by atoms with Crippen molar-refractivity contribution in [2.75, 3.05) is 45.0 Å². The van der Waals surface area contributed by atoms with E-state index in [-0.39, 0.29) is 47.2 Å². The molecule has 0 radical (unpaired) electrons. The van der Waals surface area contributed by atoms with Gasteiger partial charge in [-0.2, -0.15) is 13.2 Å². The zero-order valence-electron chi connectivity index (χ0n) is 41.9. The van der Waals surface area contributed by atoms with E-state index in [2.05, 4.69) is 37.4 Å². The second kappa shape index (κ2) is 25.2. The highest BCUT2D eigenvalue weighted by molar-refractivity contribution is 6.18. The number of carbonyl (C=O) groups is 5. The molecule has 2 unspecified atom stereocenters. The number of piperidine rings is 1. The lowest BCUT2D eigenvalue weighted by atomic mass is 9.99. The van der Waals surface area contributed by atoms with Gasteiger partial charge in [-0.05, 0) is 129 Å². The summed E-state index contributed by atoms with van der Waals surface area (Å²) in [5.41, 5.74) is 5.83. The number of halogens is 11. The number of amides is 3. The van der Waals surface area contributed by atoms with Crippen LogP contribution in [-0.4, -0.2) is 124 Å². The van der Waals surface area contributed by atoms with Gasteiger partial charge >= 0.3 is 30.8 Å². The molecule has 0 saturated carbocycles. The maximum atomic E-state index is 12.9. The molecule has 2 aromatic heterocycles. The Balaban J connectivity index is 0.000000209. The second-order valence-corrected chi connectivity index (χ2v) is 19.2. The zero-order chi connectivity index (χ0) is 58.3. The molecule has 4 aromatic carbocycles. The fourth-order valence-corrected chi connectivity index (χ4v) is 9.88. The Morgan fingerprint density at radius 3 is 1.38 bits per heavy atom. The van der Waals surface area contributed by atoms with Gasteiger partial charge in [-0.15, -0.1) is 49.5 Å². The number of benzene rings is 4. The van der Waals surface area contributed by atoms with Crippen LogP contribution in [0, 0.1) is 0 Å². The van der Waals surface area contributed by atoms with E-state index < -0.39 is 36.6 Å². The lowest BCUT2D eigenvalue weighted by Crippen LogP contribution is -2.43. The minimum atomic E-state index is -5.08. The van der Waals surface area contributed by atoms with Gasteiger partial charge in [-0.1, -0.05) is 48.5 Å². The van der Waals surface area contributed by atoms with Crippen molar-refractivity contribution in [3.05, 3.63) is 132 Å². The van der Waals surface area contributed by atoms with Crippen LogP contribution < -0.4 is 25.4 Å². The average molecular weight is 1170 g/mol. The molecule has 1 fully saturated rings. The van der Waals surface area contributed by atoms with E-state index >= 15 is 0 Å². The number of aliphatic carboxylic acids is 1. The monoisotopic (exact) mass is 1170 g/mol. The zero-order valence-corrected chi connectivity index (χ0v) is 43.5. The number of ether oxygens (including phenoxy) is 2. The number of hydrogen-bond donors (Lipinski definition) is 5. The Morgan fingerprint density at radius 2 is 1.01 bits per heavy atom. The number of nitrogens with one attached hydrogen (secondary N) is 3. The van der Waals surface area contributed by atoms with E-state index in [1.165, 1.54) is 48.5 Å². The molecule has 2 atom stereocenters. The quantitative estimate of drug-likeness (QED) is 0.0549. The normalized spacial score (nSPS) is 16.6. The Bertz CT molecular complexity index is 3210. The summed E-state index contributed by atoms with van der Waals surface area (Å²) in [7, 11) is 2.06. The van der Waals surface area contributed by atoms with Gasteiger partial charge in [-0.25, -0.2) is 9.59 Å². The SMILES string of the molecule is CN1CCC(NC(=O)c2ccc(-c3c(-c4cccc(OC(F)(F)F)c4)cc4n3C(CCCl)CNC4=O)cc2)CC1.O=C(O)C(F)(F)F.O=C(O)c1ccc(-c2c(-c3cccc(OC(F)(F)F)c3)cc3n2C(CCCl)CNC3=O)cc1. The molecule has 0 spiro atoms. The highest BCUT2D eigenvalue weighted by atomic mass is 35.5. The first-order valence-electron chi connectivity index (χ1n) is 24.4. The van der Waals surface area contributed by atoms with Gasteiger partial charge in [0, 0.05) is 47.6 Å². The van der Waals surface area contributed by atoms with Crippen molar-refractivity contribution in [2.24, 2.45) is 0 Å². The Hall–Kier alpha value is -7.70. The van der Waals surface area contributed by atoms with Crippen molar-refractivity contribution in [2.45, 2.75) is 62.7 Å². The molecule has 0 bridgehead atoms. The third-order valence-corrected chi connectivity index (χ3v) is 13.5. The van der Waals surface area contributed by atoms with E-state index in [4.69, 9.17) is 33.1 Å². The molecule has 80 heavy (non-hydrogen) atoms. The van der Waals surface area contributed by atoms with Crippen LogP contribution in [0.5, 0.6) is 11.5 Å². The number of hydrogen-bond acceptors (Lipinski definition) is 8. The lowest BCUT2D eigenvalue weighted by molar-refractivity contribution is -0.275. The first-order valence-corrected chi connectivity index (χ1v) is 25.5. The topological polar surface area (TPSA) is 193 Å². The van der Waals surface area contributed by atoms with Crippen LogP contribution in [0.1, 0.15) is 79.5 Å². The first kappa shape index (κ1) is 60.0. The molecule has 15 nitrogen and oxygen atoms in total. The van der Waals surface area contributed by atoms with Gasteiger partial charge < -0.3 is 49.7 Å². The number of nitrogens with zero attached hydrogens (tertiary/aromatic N) is 3. The van der Waals surface area contributed by atoms with Crippen LogP contribution in [-0.2, 0) is 4.79 Å². The number of aromatic carboxylic acids is 1. The molecule has 0 aliphatic carbocycles. The third-order valence-electron chi connectivity index (χ3n) is 13.0. The highest BCUT2D eigenvalue weighted by Gasteiger charge is 2.39. The Kier molecular flexibility index (Phi) is 18.9. The van der Waals surface area contributed by atoms with Crippen LogP contribution in [0.25, 0.3) is 44.8 Å². The molecular formula is C54H49Cl2F9N6O9. The van der Waals surface area contributed by atoms with Crippen molar-refractivity contribution in [3.8, 4) is 56.3 Å². The van der Waals surface area contributed by atoms with Crippen molar-refractivity contribution in [1.29, 1.82) is 0 Å². The largest absolute Gasteiger partial charge is 0.573 e. The fraction of sp³-hybridized carbons (Fsp3) is 0.315. The smallest absolute Gasteiger partial charge is 0.478 e. The molecule has 5 N–H and O–H groups in total. The second-order valence-electron chi connectivity index (χ2n) is 18.5. The van der Waals surface area contributed by atoms with Crippen molar-refractivity contribution >= 4 is 52.9 Å². The molecule has 9 rings (SSSR count). The van der Waals surface area contributed by atoms with E-state index in [0.29, 0.717) is 99.4 Å². The number of fused-ring (bicyclic) bond motifs is 2. The van der Waals surface area contributed by atoms with Gasteiger partial charge in [0.25, 0.3) is 17.7 Å².